The van der Waals surface area contributed by atoms with Crippen molar-refractivity contribution in [2.75, 3.05) is 20.6 Å². The predicted molar refractivity (Wildman–Crippen MR) is 87.8 cm³/mol. The fourth-order valence-corrected chi connectivity index (χ4v) is 2.60. The second-order valence-electron chi connectivity index (χ2n) is 5.63. The van der Waals surface area contributed by atoms with Gasteiger partial charge in [0.15, 0.2) is 0 Å². The van der Waals surface area contributed by atoms with Crippen LogP contribution < -0.4 is 5.32 Å². The molecule has 0 aliphatic carbocycles. The molecule has 1 N–H and O–H groups in total. The van der Waals surface area contributed by atoms with Gasteiger partial charge < -0.3 is 10.2 Å². The van der Waals surface area contributed by atoms with E-state index >= 15 is 0 Å². The van der Waals surface area contributed by atoms with Crippen molar-refractivity contribution in [3.05, 3.63) is 33.3 Å². The Morgan fingerprint density at radius 3 is 2.53 bits per heavy atom. The van der Waals surface area contributed by atoms with E-state index in [4.69, 9.17) is 11.6 Å². The van der Waals surface area contributed by atoms with Gasteiger partial charge >= 0.3 is 0 Å². The van der Waals surface area contributed by atoms with Gasteiger partial charge in [-0.05, 0) is 60.1 Å². The molecule has 19 heavy (non-hydrogen) atoms. The summed E-state index contributed by atoms with van der Waals surface area (Å²) in [5, 5.41) is 4.29. The van der Waals surface area contributed by atoms with Gasteiger partial charge in [0.1, 0.15) is 0 Å². The first-order valence-electron chi connectivity index (χ1n) is 6.71. The molecule has 0 aromatic heterocycles. The summed E-state index contributed by atoms with van der Waals surface area (Å²) in [5.41, 5.74) is 1.25. The second-order valence-corrected chi connectivity index (χ2v) is 6.89. The van der Waals surface area contributed by atoms with Crippen LogP contribution in [0.5, 0.6) is 0 Å². The van der Waals surface area contributed by atoms with Crippen LogP contribution in [0.2, 0.25) is 5.02 Å². The lowest BCUT2D eigenvalue weighted by atomic mass is 10.0. The highest BCUT2D eigenvalue weighted by molar-refractivity contribution is 9.10. The highest BCUT2D eigenvalue weighted by Crippen LogP contribution is 2.23. The Morgan fingerprint density at radius 1 is 1.32 bits per heavy atom. The molecule has 4 heteroatoms. The molecular formula is C15H24BrClN2. The van der Waals surface area contributed by atoms with Crippen molar-refractivity contribution in [1.29, 1.82) is 0 Å². The van der Waals surface area contributed by atoms with Gasteiger partial charge in [-0.3, -0.25) is 0 Å². The van der Waals surface area contributed by atoms with Crippen LogP contribution in [0, 0.1) is 5.92 Å². The van der Waals surface area contributed by atoms with Crippen LogP contribution in [-0.2, 0) is 6.54 Å². The van der Waals surface area contributed by atoms with Gasteiger partial charge in [0, 0.05) is 23.6 Å². The molecule has 0 saturated heterocycles. The van der Waals surface area contributed by atoms with Crippen LogP contribution in [0.3, 0.4) is 0 Å². The van der Waals surface area contributed by atoms with Crippen molar-refractivity contribution < 1.29 is 0 Å². The molecule has 1 atom stereocenters. The minimum absolute atomic E-state index is 0.579. The second kappa shape index (κ2) is 8.25. The molecule has 0 aliphatic rings. The summed E-state index contributed by atoms with van der Waals surface area (Å²) in [6, 6.07) is 6.64. The van der Waals surface area contributed by atoms with Gasteiger partial charge in [-0.25, -0.2) is 0 Å². The van der Waals surface area contributed by atoms with E-state index in [2.05, 4.69) is 66.2 Å². The quantitative estimate of drug-likeness (QED) is 0.796. The molecule has 1 aromatic carbocycles. The maximum absolute atomic E-state index is 5.99. The summed E-state index contributed by atoms with van der Waals surface area (Å²) in [4.78, 5) is 2.30. The predicted octanol–water partition coefficient (Wildman–Crippen LogP) is 4.17. The van der Waals surface area contributed by atoms with E-state index < -0.39 is 0 Å². The van der Waals surface area contributed by atoms with Gasteiger partial charge in [0.2, 0.25) is 0 Å². The first-order chi connectivity index (χ1) is 8.90. The van der Waals surface area contributed by atoms with E-state index in [9.17, 15) is 0 Å². The van der Waals surface area contributed by atoms with Crippen LogP contribution in [-0.4, -0.2) is 31.6 Å². The summed E-state index contributed by atoms with van der Waals surface area (Å²) in [7, 11) is 4.29. The molecule has 2 nitrogen and oxygen atoms in total. The Labute approximate surface area is 130 Å². The third-order valence-electron chi connectivity index (χ3n) is 3.17. The third kappa shape index (κ3) is 6.26. The van der Waals surface area contributed by atoms with Crippen LogP contribution in [0.4, 0.5) is 0 Å². The number of nitrogens with zero attached hydrogens (tertiary/aromatic N) is 1. The Bertz CT molecular complexity index is 394. The fourth-order valence-electron chi connectivity index (χ4n) is 2.05. The van der Waals surface area contributed by atoms with E-state index in [1.165, 1.54) is 12.0 Å². The fraction of sp³-hybridized carbons (Fsp3) is 0.600. The largest absolute Gasteiger partial charge is 0.311 e. The molecule has 0 heterocycles. The highest BCUT2D eigenvalue weighted by Gasteiger charge is 2.12. The number of hydrogen-bond donors (Lipinski definition) is 1. The summed E-state index contributed by atoms with van der Waals surface area (Å²) in [6.45, 7) is 6.42. The first-order valence-corrected chi connectivity index (χ1v) is 7.88. The Morgan fingerprint density at radius 2 is 2.00 bits per heavy atom. The van der Waals surface area contributed by atoms with E-state index in [0.717, 1.165) is 28.5 Å². The molecule has 108 valence electrons. The summed E-state index contributed by atoms with van der Waals surface area (Å²) < 4.78 is 0.958. The molecule has 0 saturated carbocycles. The van der Waals surface area contributed by atoms with Crippen molar-refractivity contribution in [3.63, 3.8) is 0 Å². The molecule has 0 radical (unpaired) electrons. The van der Waals surface area contributed by atoms with Crippen molar-refractivity contribution >= 4 is 27.5 Å². The Balaban J connectivity index is 2.45. The maximum Gasteiger partial charge on any atom is 0.0548 e. The molecule has 0 aliphatic heterocycles. The molecular weight excluding hydrogens is 324 g/mol. The van der Waals surface area contributed by atoms with Crippen LogP contribution in [0.1, 0.15) is 25.8 Å². The van der Waals surface area contributed by atoms with Crippen LogP contribution in [0.25, 0.3) is 0 Å². The zero-order valence-electron chi connectivity index (χ0n) is 12.2. The number of halogens is 2. The van der Waals surface area contributed by atoms with Crippen molar-refractivity contribution in [3.8, 4) is 0 Å². The lowest BCUT2D eigenvalue weighted by molar-refractivity contribution is 0.246. The Hall–Kier alpha value is -0.0900. The molecule has 1 unspecified atom stereocenters. The van der Waals surface area contributed by atoms with E-state index in [1.807, 2.05) is 6.07 Å². The Kier molecular flexibility index (Phi) is 7.37. The third-order valence-corrected chi connectivity index (χ3v) is 4.38. The average molecular weight is 348 g/mol. The molecule has 0 amide bonds. The summed E-state index contributed by atoms with van der Waals surface area (Å²) in [5.74, 6) is 0.721. The zero-order chi connectivity index (χ0) is 14.4. The van der Waals surface area contributed by atoms with Crippen molar-refractivity contribution in [2.24, 2.45) is 5.92 Å². The minimum atomic E-state index is 0.579. The molecule has 0 spiro atoms. The van der Waals surface area contributed by atoms with E-state index in [1.54, 1.807) is 0 Å². The maximum atomic E-state index is 5.99. The zero-order valence-corrected chi connectivity index (χ0v) is 14.6. The smallest absolute Gasteiger partial charge is 0.0548 e. The molecule has 0 bridgehead atoms. The first kappa shape index (κ1) is 17.0. The standard InChI is InChI=1S/C15H24BrClN2/c1-11(2)7-13(19(3)4)10-18-9-12-5-6-15(17)14(16)8-12/h5-6,8,11,13,18H,7,9-10H2,1-4H3. The molecule has 0 fully saturated rings. The topological polar surface area (TPSA) is 15.3 Å². The number of benzene rings is 1. The van der Waals surface area contributed by atoms with Crippen molar-refractivity contribution in [2.45, 2.75) is 32.9 Å². The number of rotatable bonds is 7. The summed E-state index contributed by atoms with van der Waals surface area (Å²) in [6.07, 6.45) is 1.21. The SMILES string of the molecule is CC(C)CC(CNCc1ccc(Cl)c(Br)c1)N(C)C. The number of nitrogens with one attached hydrogen (secondary N) is 1. The van der Waals surface area contributed by atoms with Gasteiger partial charge in [-0.2, -0.15) is 0 Å². The number of hydrogen-bond acceptors (Lipinski definition) is 2. The normalized spacial score (nSPS) is 13.3. The lowest BCUT2D eigenvalue weighted by Gasteiger charge is -2.26. The highest BCUT2D eigenvalue weighted by atomic mass is 79.9. The monoisotopic (exact) mass is 346 g/mol. The van der Waals surface area contributed by atoms with Crippen molar-refractivity contribution in [1.82, 2.24) is 10.2 Å². The van der Waals surface area contributed by atoms with Gasteiger partial charge in [0.05, 0.1) is 5.02 Å². The van der Waals surface area contributed by atoms with Gasteiger partial charge in [0.25, 0.3) is 0 Å². The minimum Gasteiger partial charge on any atom is -0.311 e. The molecule has 1 rings (SSSR count). The summed E-state index contributed by atoms with van der Waals surface area (Å²) >= 11 is 9.44. The average Bonchev–Trinajstić information content (AvgIpc) is 2.31. The van der Waals surface area contributed by atoms with E-state index in [-0.39, 0.29) is 0 Å². The van der Waals surface area contributed by atoms with Gasteiger partial charge in [-0.15, -0.1) is 0 Å². The molecule has 1 aromatic rings. The van der Waals surface area contributed by atoms with Crippen LogP contribution >= 0.6 is 27.5 Å². The van der Waals surface area contributed by atoms with Crippen LogP contribution in [0.15, 0.2) is 22.7 Å². The van der Waals surface area contributed by atoms with E-state index in [0.29, 0.717) is 6.04 Å². The number of likely N-dealkylation sites (N-methyl/N-ethyl adjacent to an activating group) is 1. The van der Waals surface area contributed by atoms with Gasteiger partial charge in [-0.1, -0.05) is 31.5 Å². The lowest BCUT2D eigenvalue weighted by Crippen LogP contribution is -2.38.